The molecule has 0 unspecified atom stereocenters. The third kappa shape index (κ3) is 1.25. The number of hydrogen-bond acceptors (Lipinski definition) is 3. The predicted molar refractivity (Wildman–Crippen MR) is 68.0 cm³/mol. The Labute approximate surface area is 107 Å². The zero-order valence-corrected chi connectivity index (χ0v) is 10.9. The Balaban J connectivity index is 2.13. The van der Waals surface area contributed by atoms with Gasteiger partial charge in [-0.15, -0.1) is 0 Å². The average Bonchev–Trinajstić information content (AvgIpc) is 2.95. The van der Waals surface area contributed by atoms with Gasteiger partial charge in [-0.2, -0.15) is 0 Å². The summed E-state index contributed by atoms with van der Waals surface area (Å²) < 4.78 is 10.9. The first-order chi connectivity index (χ1) is 8.64. The van der Waals surface area contributed by atoms with Crippen molar-refractivity contribution in [2.75, 3.05) is 7.11 Å². The maximum atomic E-state index is 12.4. The lowest BCUT2D eigenvalue weighted by Gasteiger charge is -2.46. The molecule has 3 rings (SSSR count). The van der Waals surface area contributed by atoms with Crippen molar-refractivity contribution in [1.29, 1.82) is 0 Å². The van der Waals surface area contributed by atoms with Crippen molar-refractivity contribution >= 4 is 11.4 Å². The maximum absolute atomic E-state index is 12.4. The highest BCUT2D eigenvalue weighted by Crippen LogP contribution is 2.58. The summed E-state index contributed by atoms with van der Waals surface area (Å²) in [5, 5.41) is 0. The fraction of sp³-hybridized carbons (Fsp3) is 0.533. The molecular formula is C15H18O3. The summed E-state index contributed by atoms with van der Waals surface area (Å²) in [5.41, 5.74) is 1.20. The molecule has 0 aliphatic heterocycles. The number of carbonyl (C=O) groups is 1. The summed E-state index contributed by atoms with van der Waals surface area (Å²) in [4.78, 5) is 12.4. The van der Waals surface area contributed by atoms with Crippen LogP contribution in [0.5, 0.6) is 0 Å². The van der Waals surface area contributed by atoms with Crippen LogP contribution in [-0.4, -0.2) is 18.5 Å². The molecule has 0 aromatic carbocycles. The molecule has 0 N–H and O–H groups in total. The molecule has 96 valence electrons. The van der Waals surface area contributed by atoms with Gasteiger partial charge in [0.25, 0.3) is 0 Å². The SMILES string of the molecule is CO[C@@]12CCCC[C@]1(C)C(c1ccoc1)=CC2=O. The van der Waals surface area contributed by atoms with Gasteiger partial charge in [-0.1, -0.05) is 19.8 Å². The van der Waals surface area contributed by atoms with E-state index in [1.807, 2.05) is 6.07 Å². The van der Waals surface area contributed by atoms with E-state index in [1.165, 1.54) is 0 Å². The second kappa shape index (κ2) is 3.82. The minimum Gasteiger partial charge on any atom is -0.472 e. The molecule has 2 aliphatic rings. The van der Waals surface area contributed by atoms with Gasteiger partial charge in [-0.05, 0) is 30.6 Å². The zero-order chi connectivity index (χ0) is 12.8. The van der Waals surface area contributed by atoms with Crippen molar-refractivity contribution in [2.24, 2.45) is 5.41 Å². The van der Waals surface area contributed by atoms with Crippen LogP contribution in [0.2, 0.25) is 0 Å². The molecule has 2 aliphatic carbocycles. The fourth-order valence-electron chi connectivity index (χ4n) is 3.73. The largest absolute Gasteiger partial charge is 0.472 e. The van der Waals surface area contributed by atoms with Crippen LogP contribution in [0.3, 0.4) is 0 Å². The van der Waals surface area contributed by atoms with Crippen molar-refractivity contribution < 1.29 is 13.9 Å². The fourth-order valence-corrected chi connectivity index (χ4v) is 3.73. The molecule has 1 aromatic heterocycles. The highest BCUT2D eigenvalue weighted by atomic mass is 16.5. The highest BCUT2D eigenvalue weighted by molar-refractivity contribution is 6.10. The Bertz CT molecular complexity index is 500. The molecule has 1 aromatic rings. The number of methoxy groups -OCH3 is 1. The lowest BCUT2D eigenvalue weighted by molar-refractivity contribution is -0.151. The number of ketones is 1. The van der Waals surface area contributed by atoms with Crippen molar-refractivity contribution in [3.63, 3.8) is 0 Å². The molecule has 1 heterocycles. The van der Waals surface area contributed by atoms with E-state index in [-0.39, 0.29) is 11.2 Å². The van der Waals surface area contributed by atoms with Crippen LogP contribution in [0.15, 0.2) is 29.1 Å². The molecule has 3 heteroatoms. The van der Waals surface area contributed by atoms with Crippen LogP contribution >= 0.6 is 0 Å². The first-order valence-electron chi connectivity index (χ1n) is 6.48. The predicted octanol–water partition coefficient (Wildman–Crippen LogP) is 3.21. The van der Waals surface area contributed by atoms with Gasteiger partial charge in [0.15, 0.2) is 5.78 Å². The maximum Gasteiger partial charge on any atom is 0.188 e. The average molecular weight is 246 g/mol. The van der Waals surface area contributed by atoms with Gasteiger partial charge < -0.3 is 9.15 Å². The van der Waals surface area contributed by atoms with Crippen molar-refractivity contribution in [2.45, 2.75) is 38.2 Å². The molecule has 1 saturated carbocycles. The van der Waals surface area contributed by atoms with Crippen LogP contribution < -0.4 is 0 Å². The molecule has 18 heavy (non-hydrogen) atoms. The summed E-state index contributed by atoms with van der Waals surface area (Å²) in [7, 11) is 1.66. The topological polar surface area (TPSA) is 39.4 Å². The number of fused-ring (bicyclic) bond motifs is 1. The standard InChI is InChI=1S/C15H18O3/c1-14-6-3-4-7-15(14,17-2)13(16)9-12(14)11-5-8-18-10-11/h5,8-10H,3-4,6-7H2,1-2H3/t14-,15-/m1/s1. The Kier molecular flexibility index (Phi) is 2.49. The Morgan fingerprint density at radius 3 is 2.78 bits per heavy atom. The Morgan fingerprint density at radius 1 is 1.33 bits per heavy atom. The number of carbonyl (C=O) groups excluding carboxylic acids is 1. The van der Waals surface area contributed by atoms with E-state index >= 15 is 0 Å². The molecule has 0 radical (unpaired) electrons. The number of rotatable bonds is 2. The first kappa shape index (κ1) is 11.7. The van der Waals surface area contributed by atoms with Gasteiger partial charge in [0.1, 0.15) is 5.60 Å². The zero-order valence-electron chi connectivity index (χ0n) is 10.9. The molecule has 2 atom stereocenters. The van der Waals surface area contributed by atoms with E-state index in [9.17, 15) is 4.79 Å². The minimum atomic E-state index is -0.655. The molecular weight excluding hydrogens is 228 g/mol. The smallest absolute Gasteiger partial charge is 0.188 e. The summed E-state index contributed by atoms with van der Waals surface area (Å²) in [6, 6.07) is 1.92. The van der Waals surface area contributed by atoms with Gasteiger partial charge in [-0.25, -0.2) is 0 Å². The molecule has 0 bridgehead atoms. The molecule has 1 fully saturated rings. The van der Waals surface area contributed by atoms with Crippen molar-refractivity contribution in [3.8, 4) is 0 Å². The van der Waals surface area contributed by atoms with Gasteiger partial charge in [0, 0.05) is 18.1 Å². The van der Waals surface area contributed by atoms with E-state index in [2.05, 4.69) is 6.92 Å². The summed E-state index contributed by atoms with van der Waals surface area (Å²) in [5.74, 6) is 0.114. The van der Waals surface area contributed by atoms with Gasteiger partial charge in [0.05, 0.1) is 12.5 Å². The van der Waals surface area contributed by atoms with E-state index in [4.69, 9.17) is 9.15 Å². The summed E-state index contributed by atoms with van der Waals surface area (Å²) in [6.45, 7) is 2.15. The lowest BCUT2D eigenvalue weighted by Crippen LogP contribution is -2.52. The third-order valence-corrected chi connectivity index (χ3v) is 4.80. The normalized spacial score (nSPS) is 35.4. The van der Waals surface area contributed by atoms with Crippen LogP contribution in [0.1, 0.15) is 38.2 Å². The third-order valence-electron chi connectivity index (χ3n) is 4.80. The molecule has 0 spiro atoms. The molecule has 3 nitrogen and oxygen atoms in total. The van der Waals surface area contributed by atoms with E-state index in [0.717, 1.165) is 36.8 Å². The van der Waals surface area contributed by atoms with Gasteiger partial charge in [-0.3, -0.25) is 4.79 Å². The Hall–Kier alpha value is -1.35. The summed E-state index contributed by atoms with van der Waals surface area (Å²) >= 11 is 0. The second-order valence-electron chi connectivity index (χ2n) is 5.50. The van der Waals surface area contributed by atoms with Crippen molar-refractivity contribution in [3.05, 3.63) is 30.2 Å². The van der Waals surface area contributed by atoms with Crippen LogP contribution in [0.25, 0.3) is 5.57 Å². The highest BCUT2D eigenvalue weighted by Gasteiger charge is 2.60. The second-order valence-corrected chi connectivity index (χ2v) is 5.50. The van der Waals surface area contributed by atoms with Crippen LogP contribution in [-0.2, 0) is 9.53 Å². The van der Waals surface area contributed by atoms with Crippen molar-refractivity contribution in [1.82, 2.24) is 0 Å². The minimum absolute atomic E-state index is 0.114. The first-order valence-corrected chi connectivity index (χ1v) is 6.48. The monoisotopic (exact) mass is 246 g/mol. The molecule has 0 saturated heterocycles. The number of hydrogen-bond donors (Lipinski definition) is 0. The lowest BCUT2D eigenvalue weighted by atomic mass is 9.62. The van der Waals surface area contributed by atoms with Crippen LogP contribution in [0.4, 0.5) is 0 Å². The molecule has 0 amide bonds. The Morgan fingerprint density at radius 2 is 2.11 bits per heavy atom. The summed E-state index contributed by atoms with van der Waals surface area (Å²) in [6.07, 6.45) is 9.13. The van der Waals surface area contributed by atoms with E-state index in [0.29, 0.717) is 0 Å². The van der Waals surface area contributed by atoms with E-state index < -0.39 is 5.60 Å². The van der Waals surface area contributed by atoms with Gasteiger partial charge >= 0.3 is 0 Å². The van der Waals surface area contributed by atoms with Gasteiger partial charge in [0.2, 0.25) is 0 Å². The van der Waals surface area contributed by atoms with Crippen LogP contribution in [0, 0.1) is 5.41 Å². The van der Waals surface area contributed by atoms with E-state index in [1.54, 1.807) is 25.7 Å². The number of ether oxygens (including phenoxy) is 1. The number of furan rings is 1. The quantitative estimate of drug-likeness (QED) is 0.804.